The molecule has 0 atom stereocenters. The number of carboxylic acids is 1. The number of carbonyl (C=O) groups is 1. The first kappa shape index (κ1) is 12.7. The average molecular weight is 309 g/mol. The molecule has 3 nitrogen and oxygen atoms in total. The lowest BCUT2D eigenvalue weighted by atomic mass is 10.3. The average Bonchev–Trinajstić information content (AvgIpc) is 2.00. The topological polar surface area (TPSA) is 50.2 Å². The molecule has 0 unspecified atom stereocenters. The Morgan fingerprint density at radius 2 is 2.07 bits per heavy atom. The molecule has 0 saturated carbocycles. The van der Waals surface area contributed by atoms with Gasteiger partial charge in [0.2, 0.25) is 0 Å². The van der Waals surface area contributed by atoms with Crippen LogP contribution >= 0.6 is 27.5 Å². The first-order valence-corrected chi connectivity index (χ1v) is 9.00. The predicted molar refractivity (Wildman–Crippen MR) is 66.9 cm³/mol. The van der Waals surface area contributed by atoms with Crippen LogP contribution in [0.25, 0.3) is 0 Å². The van der Waals surface area contributed by atoms with Gasteiger partial charge in [-0.2, -0.15) is 0 Å². The minimum Gasteiger partial charge on any atom is -0.478 e. The molecule has 1 aromatic heterocycles. The molecule has 0 bridgehead atoms. The van der Waals surface area contributed by atoms with Crippen LogP contribution in [-0.2, 0) is 0 Å². The number of hydrogen-bond acceptors (Lipinski definition) is 2. The first-order valence-electron chi connectivity index (χ1n) is 4.33. The van der Waals surface area contributed by atoms with Gasteiger partial charge in [-0.25, -0.2) is 9.78 Å². The molecule has 0 aliphatic heterocycles. The Labute approximate surface area is 103 Å². The van der Waals surface area contributed by atoms with Gasteiger partial charge in [0, 0.05) is 6.20 Å². The molecule has 0 saturated heterocycles. The van der Waals surface area contributed by atoms with Crippen molar-refractivity contribution in [3.05, 3.63) is 21.4 Å². The van der Waals surface area contributed by atoms with Crippen LogP contribution in [0.3, 0.4) is 0 Å². The summed E-state index contributed by atoms with van der Waals surface area (Å²) >= 11 is 9.39. The Bertz CT molecular complexity index is 417. The van der Waals surface area contributed by atoms with Crippen LogP contribution in [0, 0.1) is 0 Å². The molecule has 6 heteroatoms. The summed E-state index contributed by atoms with van der Waals surface area (Å²) in [4.78, 5) is 14.9. The molecule has 15 heavy (non-hydrogen) atoms. The lowest BCUT2D eigenvalue weighted by Crippen LogP contribution is -2.40. The Hall–Kier alpha value is -0.393. The van der Waals surface area contributed by atoms with Crippen molar-refractivity contribution in [1.82, 2.24) is 4.98 Å². The maximum Gasteiger partial charge on any atom is 0.338 e. The van der Waals surface area contributed by atoms with Gasteiger partial charge in [0.15, 0.2) is 0 Å². The fourth-order valence-electron chi connectivity index (χ4n) is 1.26. The summed E-state index contributed by atoms with van der Waals surface area (Å²) in [7, 11) is -1.70. The van der Waals surface area contributed by atoms with E-state index in [2.05, 4.69) is 40.6 Å². The van der Waals surface area contributed by atoms with Gasteiger partial charge < -0.3 is 5.11 Å². The van der Waals surface area contributed by atoms with Crippen LogP contribution in [0.5, 0.6) is 0 Å². The van der Waals surface area contributed by atoms with E-state index in [0.29, 0.717) is 9.63 Å². The number of rotatable bonds is 2. The van der Waals surface area contributed by atoms with Crippen molar-refractivity contribution in [2.75, 3.05) is 0 Å². The van der Waals surface area contributed by atoms with E-state index in [0.717, 1.165) is 5.19 Å². The van der Waals surface area contributed by atoms with Crippen molar-refractivity contribution in [3.63, 3.8) is 0 Å². The summed E-state index contributed by atoms with van der Waals surface area (Å²) in [5.41, 5.74) is 0.0669. The van der Waals surface area contributed by atoms with E-state index in [1.807, 2.05) is 0 Å². The Morgan fingerprint density at radius 1 is 1.53 bits per heavy atom. The monoisotopic (exact) mass is 307 g/mol. The predicted octanol–water partition coefficient (Wildman–Crippen LogP) is 2.74. The zero-order chi connectivity index (χ0) is 11.8. The molecular weight excluding hydrogens is 298 g/mol. The summed E-state index contributed by atoms with van der Waals surface area (Å²) < 4.78 is 0.650. The van der Waals surface area contributed by atoms with E-state index in [1.54, 1.807) is 0 Å². The van der Waals surface area contributed by atoms with Crippen LogP contribution in [0.4, 0.5) is 0 Å². The van der Waals surface area contributed by atoms with E-state index >= 15 is 0 Å². The number of carboxylic acid groups (broad SMARTS) is 1. The third kappa shape index (κ3) is 2.59. The van der Waals surface area contributed by atoms with Crippen molar-refractivity contribution >= 4 is 46.8 Å². The zero-order valence-corrected chi connectivity index (χ0v) is 12.0. The molecule has 0 aromatic carbocycles. The van der Waals surface area contributed by atoms with E-state index in [4.69, 9.17) is 16.7 Å². The third-order valence-electron chi connectivity index (χ3n) is 1.95. The highest BCUT2D eigenvalue weighted by atomic mass is 79.9. The number of hydrogen-bond donors (Lipinski definition) is 1. The van der Waals surface area contributed by atoms with Gasteiger partial charge >= 0.3 is 5.97 Å². The zero-order valence-electron chi connectivity index (χ0n) is 8.64. The molecular formula is C9H11BrClNO2Si. The lowest BCUT2D eigenvalue weighted by Gasteiger charge is -2.20. The molecule has 1 rings (SSSR count). The van der Waals surface area contributed by atoms with Crippen LogP contribution in [0.2, 0.25) is 24.7 Å². The molecule has 1 aromatic rings. The highest BCUT2D eigenvalue weighted by Gasteiger charge is 2.26. The van der Waals surface area contributed by atoms with Crippen LogP contribution in [0.15, 0.2) is 10.8 Å². The largest absolute Gasteiger partial charge is 0.478 e. The lowest BCUT2D eigenvalue weighted by molar-refractivity contribution is 0.0696. The summed E-state index contributed by atoms with van der Waals surface area (Å²) in [5, 5.41) is 10.1. The second-order valence-electron chi connectivity index (χ2n) is 4.21. The summed E-state index contributed by atoms with van der Waals surface area (Å²) in [6.07, 6.45) is 1.28. The highest BCUT2D eigenvalue weighted by Crippen LogP contribution is 2.21. The van der Waals surface area contributed by atoms with E-state index < -0.39 is 14.0 Å². The van der Waals surface area contributed by atoms with Gasteiger partial charge in [0.25, 0.3) is 0 Å². The molecule has 82 valence electrons. The molecule has 0 aliphatic rings. The Kier molecular flexibility index (Phi) is 3.58. The molecule has 1 N–H and O–H groups in total. The number of aromatic carboxylic acids is 1. The van der Waals surface area contributed by atoms with E-state index in [-0.39, 0.29) is 5.56 Å². The summed E-state index contributed by atoms with van der Waals surface area (Å²) in [6.45, 7) is 6.27. The van der Waals surface area contributed by atoms with Crippen molar-refractivity contribution < 1.29 is 9.90 Å². The number of halogens is 2. The van der Waals surface area contributed by atoms with Crippen LogP contribution < -0.4 is 5.19 Å². The number of aromatic nitrogens is 1. The minimum absolute atomic E-state index is 0.0669. The Morgan fingerprint density at radius 3 is 2.47 bits per heavy atom. The van der Waals surface area contributed by atoms with Gasteiger partial charge in [0.1, 0.15) is 4.60 Å². The minimum atomic E-state index is -1.70. The molecule has 0 spiro atoms. The first-order chi connectivity index (χ1) is 6.75. The van der Waals surface area contributed by atoms with Crippen LogP contribution in [-0.4, -0.2) is 24.1 Å². The van der Waals surface area contributed by atoms with Crippen molar-refractivity contribution in [3.8, 4) is 0 Å². The van der Waals surface area contributed by atoms with Gasteiger partial charge in [-0.3, -0.25) is 0 Å². The molecule has 0 fully saturated rings. The van der Waals surface area contributed by atoms with Gasteiger partial charge in [-0.1, -0.05) is 31.2 Å². The van der Waals surface area contributed by atoms with Crippen molar-refractivity contribution in [2.24, 2.45) is 0 Å². The van der Waals surface area contributed by atoms with Gasteiger partial charge in [0.05, 0.1) is 18.7 Å². The SMILES string of the molecule is C[Si](C)(C)c1c(Br)ncc(C(=O)O)c1Cl. The van der Waals surface area contributed by atoms with Gasteiger partial charge in [-0.05, 0) is 21.1 Å². The molecule has 1 heterocycles. The number of nitrogens with zero attached hydrogens (tertiary/aromatic N) is 1. The highest BCUT2D eigenvalue weighted by molar-refractivity contribution is 9.10. The van der Waals surface area contributed by atoms with E-state index in [1.165, 1.54) is 6.20 Å². The van der Waals surface area contributed by atoms with Crippen molar-refractivity contribution in [2.45, 2.75) is 19.6 Å². The summed E-state index contributed by atoms with van der Waals surface area (Å²) in [5.74, 6) is -1.04. The smallest absolute Gasteiger partial charge is 0.338 e. The Balaban J connectivity index is 3.51. The fourth-order valence-corrected chi connectivity index (χ4v) is 6.00. The maximum atomic E-state index is 10.9. The second kappa shape index (κ2) is 4.23. The third-order valence-corrected chi connectivity index (χ3v) is 5.45. The van der Waals surface area contributed by atoms with E-state index in [9.17, 15) is 4.79 Å². The normalized spacial score (nSPS) is 11.5. The standard InChI is InChI=1S/C9H11BrClNO2Si/c1-15(2,3)7-6(11)5(9(13)14)4-12-8(7)10/h4H,1-3H3,(H,13,14). The fraction of sp³-hybridized carbons (Fsp3) is 0.333. The molecule has 0 aliphatic carbocycles. The van der Waals surface area contributed by atoms with Crippen molar-refractivity contribution in [1.29, 1.82) is 0 Å². The summed E-state index contributed by atoms with van der Waals surface area (Å²) in [6, 6.07) is 0. The number of pyridine rings is 1. The quantitative estimate of drug-likeness (QED) is 0.675. The molecule has 0 amide bonds. The second-order valence-corrected chi connectivity index (χ2v) is 10.3. The molecule has 0 radical (unpaired) electrons. The maximum absolute atomic E-state index is 10.9. The van der Waals surface area contributed by atoms with Crippen LogP contribution in [0.1, 0.15) is 10.4 Å². The van der Waals surface area contributed by atoms with Gasteiger partial charge in [-0.15, -0.1) is 0 Å².